The van der Waals surface area contributed by atoms with Crippen LogP contribution in [0.4, 0.5) is 5.69 Å². The van der Waals surface area contributed by atoms with Crippen LogP contribution in [-0.4, -0.2) is 47.2 Å². The van der Waals surface area contributed by atoms with Crippen molar-refractivity contribution in [3.8, 4) is 0 Å². The molecule has 1 aromatic heterocycles. The molecule has 2 fully saturated rings. The number of nitrogens with two attached hydrogens (primary N) is 1. The zero-order valence-corrected chi connectivity index (χ0v) is 12.1. The Labute approximate surface area is 122 Å². The Balaban J connectivity index is 1.65. The maximum absolute atomic E-state index is 12.5. The number of H-pyrrole nitrogens is 1. The second-order valence-electron chi connectivity index (χ2n) is 5.76. The van der Waals surface area contributed by atoms with Gasteiger partial charge in [-0.05, 0) is 25.7 Å². The van der Waals surface area contributed by atoms with Gasteiger partial charge in [-0.15, -0.1) is 0 Å². The molecule has 1 aromatic rings. The molecule has 1 saturated heterocycles. The van der Waals surface area contributed by atoms with E-state index in [2.05, 4.69) is 10.2 Å². The van der Waals surface area contributed by atoms with Crippen molar-refractivity contribution in [3.63, 3.8) is 0 Å². The van der Waals surface area contributed by atoms with E-state index in [1.54, 1.807) is 4.90 Å². The van der Waals surface area contributed by atoms with Crippen LogP contribution >= 0.6 is 0 Å². The number of carbonyl (C=O) groups is 2. The number of rotatable bonds is 3. The van der Waals surface area contributed by atoms with Crippen LogP contribution in [-0.2, 0) is 9.53 Å². The number of methoxy groups -OCH3 is 1. The maximum Gasteiger partial charge on any atom is 0.308 e. The molecule has 3 N–H and O–H groups in total. The first-order chi connectivity index (χ1) is 10.1. The number of nitrogens with zero attached hydrogens (tertiary/aromatic N) is 2. The van der Waals surface area contributed by atoms with Crippen molar-refractivity contribution in [1.29, 1.82) is 0 Å². The summed E-state index contributed by atoms with van der Waals surface area (Å²) in [6, 6.07) is 0. The Kier molecular flexibility index (Phi) is 3.57. The number of esters is 1. The third kappa shape index (κ3) is 2.59. The van der Waals surface area contributed by atoms with E-state index in [0.717, 1.165) is 18.5 Å². The van der Waals surface area contributed by atoms with E-state index >= 15 is 0 Å². The van der Waals surface area contributed by atoms with Crippen LogP contribution in [0.2, 0.25) is 0 Å². The van der Waals surface area contributed by atoms with E-state index in [4.69, 9.17) is 10.5 Å². The zero-order chi connectivity index (χ0) is 15.0. The Hall–Kier alpha value is -2.05. The van der Waals surface area contributed by atoms with Crippen molar-refractivity contribution in [1.82, 2.24) is 15.1 Å². The first-order valence-electron chi connectivity index (χ1n) is 7.32. The Bertz CT molecular complexity index is 557. The van der Waals surface area contributed by atoms with Gasteiger partial charge >= 0.3 is 5.97 Å². The number of anilines is 1. The molecule has 1 saturated carbocycles. The van der Waals surface area contributed by atoms with Crippen LogP contribution in [0.3, 0.4) is 0 Å². The van der Waals surface area contributed by atoms with Gasteiger partial charge in [-0.2, -0.15) is 5.10 Å². The van der Waals surface area contributed by atoms with Crippen molar-refractivity contribution in [3.05, 3.63) is 11.4 Å². The normalized spacial score (nSPS) is 19.6. The van der Waals surface area contributed by atoms with Crippen molar-refractivity contribution in [2.24, 2.45) is 5.92 Å². The first-order valence-corrected chi connectivity index (χ1v) is 7.32. The van der Waals surface area contributed by atoms with Gasteiger partial charge in [0.15, 0.2) is 5.69 Å². The molecule has 2 aliphatic rings. The highest BCUT2D eigenvalue weighted by Crippen LogP contribution is 2.42. The summed E-state index contributed by atoms with van der Waals surface area (Å²) >= 11 is 0. The van der Waals surface area contributed by atoms with E-state index in [-0.39, 0.29) is 17.8 Å². The lowest BCUT2D eigenvalue weighted by Crippen LogP contribution is -2.40. The highest BCUT2D eigenvalue weighted by Gasteiger charge is 2.33. The molecule has 0 radical (unpaired) electrons. The van der Waals surface area contributed by atoms with Gasteiger partial charge in [0, 0.05) is 19.0 Å². The van der Waals surface area contributed by atoms with Crippen LogP contribution in [0, 0.1) is 5.92 Å². The molecule has 1 amide bonds. The summed E-state index contributed by atoms with van der Waals surface area (Å²) in [5, 5.41) is 6.99. The lowest BCUT2D eigenvalue weighted by atomic mass is 9.97. The fourth-order valence-electron chi connectivity index (χ4n) is 2.85. The summed E-state index contributed by atoms with van der Waals surface area (Å²) in [7, 11) is 1.39. The monoisotopic (exact) mass is 292 g/mol. The first kappa shape index (κ1) is 13.9. The predicted molar refractivity (Wildman–Crippen MR) is 75.6 cm³/mol. The number of ether oxygens (including phenoxy) is 1. The molecule has 0 atom stereocenters. The van der Waals surface area contributed by atoms with E-state index in [0.29, 0.717) is 43.2 Å². The van der Waals surface area contributed by atoms with Crippen LogP contribution < -0.4 is 5.73 Å². The third-order valence-corrected chi connectivity index (χ3v) is 4.34. The summed E-state index contributed by atoms with van der Waals surface area (Å²) in [6.45, 7) is 1.06. The molecule has 0 aromatic carbocycles. The van der Waals surface area contributed by atoms with Gasteiger partial charge in [0.25, 0.3) is 5.91 Å². The molecule has 7 nitrogen and oxygen atoms in total. The minimum absolute atomic E-state index is 0.113. The molecule has 0 bridgehead atoms. The third-order valence-electron chi connectivity index (χ3n) is 4.34. The molecule has 1 aliphatic carbocycles. The molecule has 21 heavy (non-hydrogen) atoms. The summed E-state index contributed by atoms with van der Waals surface area (Å²) in [5.74, 6) is -0.0296. The van der Waals surface area contributed by atoms with Crippen LogP contribution in [0.1, 0.15) is 47.8 Å². The van der Waals surface area contributed by atoms with Crippen LogP contribution in [0.5, 0.6) is 0 Å². The van der Waals surface area contributed by atoms with E-state index in [1.807, 2.05) is 0 Å². The number of aromatic amines is 1. The standard InChI is InChI=1S/C14H20N4O3/c1-21-14(20)9-4-6-18(7-5-9)13(19)12-10(15)11(16-17-12)8-2-3-8/h8-9H,2-7,15H2,1H3,(H,16,17). The molecule has 2 heterocycles. The Morgan fingerprint density at radius 3 is 2.52 bits per heavy atom. The van der Waals surface area contributed by atoms with E-state index in [9.17, 15) is 9.59 Å². The number of hydrogen-bond donors (Lipinski definition) is 2. The van der Waals surface area contributed by atoms with Crippen LogP contribution in [0.25, 0.3) is 0 Å². The quantitative estimate of drug-likeness (QED) is 0.806. The molecular formula is C14H20N4O3. The highest BCUT2D eigenvalue weighted by molar-refractivity contribution is 5.98. The molecule has 7 heteroatoms. The number of piperidine rings is 1. The van der Waals surface area contributed by atoms with Gasteiger partial charge in [0.1, 0.15) is 0 Å². The smallest absolute Gasteiger partial charge is 0.308 e. The second kappa shape index (κ2) is 5.38. The molecule has 114 valence electrons. The van der Waals surface area contributed by atoms with Gasteiger partial charge in [-0.3, -0.25) is 14.7 Å². The minimum atomic E-state index is -0.197. The van der Waals surface area contributed by atoms with Crippen molar-refractivity contribution < 1.29 is 14.3 Å². The molecule has 0 unspecified atom stereocenters. The number of carbonyl (C=O) groups excluding carboxylic acids is 2. The molecular weight excluding hydrogens is 272 g/mol. The average Bonchev–Trinajstić information content (AvgIpc) is 3.29. The number of likely N-dealkylation sites (tertiary alicyclic amines) is 1. The molecule has 1 aliphatic heterocycles. The van der Waals surface area contributed by atoms with Gasteiger partial charge < -0.3 is 15.4 Å². The topological polar surface area (TPSA) is 101 Å². The average molecular weight is 292 g/mol. The SMILES string of the molecule is COC(=O)C1CCN(C(=O)c2n[nH]c(C3CC3)c2N)CC1. The highest BCUT2D eigenvalue weighted by atomic mass is 16.5. The minimum Gasteiger partial charge on any atom is -0.469 e. The van der Waals surface area contributed by atoms with Gasteiger partial charge in [-0.25, -0.2) is 0 Å². The number of amides is 1. The summed E-state index contributed by atoms with van der Waals surface area (Å²) in [5.41, 5.74) is 7.72. The largest absolute Gasteiger partial charge is 0.469 e. The maximum atomic E-state index is 12.5. The summed E-state index contributed by atoms with van der Waals surface area (Å²) in [4.78, 5) is 25.7. The Morgan fingerprint density at radius 2 is 1.95 bits per heavy atom. The molecule has 3 rings (SSSR count). The van der Waals surface area contributed by atoms with E-state index in [1.165, 1.54) is 7.11 Å². The zero-order valence-electron chi connectivity index (χ0n) is 12.1. The lowest BCUT2D eigenvalue weighted by molar-refractivity contribution is -0.146. The van der Waals surface area contributed by atoms with Crippen molar-refractivity contribution >= 4 is 17.6 Å². The number of nitrogen functional groups attached to an aromatic ring is 1. The van der Waals surface area contributed by atoms with Gasteiger partial charge in [-0.1, -0.05) is 0 Å². The van der Waals surface area contributed by atoms with Gasteiger partial charge in [0.2, 0.25) is 0 Å². The fraction of sp³-hybridized carbons (Fsp3) is 0.643. The molecule has 0 spiro atoms. The summed E-state index contributed by atoms with van der Waals surface area (Å²) < 4.78 is 4.75. The summed E-state index contributed by atoms with van der Waals surface area (Å²) in [6.07, 6.45) is 3.45. The van der Waals surface area contributed by atoms with Crippen molar-refractivity contribution in [2.45, 2.75) is 31.6 Å². The Morgan fingerprint density at radius 1 is 1.29 bits per heavy atom. The van der Waals surface area contributed by atoms with Gasteiger partial charge in [0.05, 0.1) is 24.4 Å². The second-order valence-corrected chi connectivity index (χ2v) is 5.76. The number of aromatic nitrogens is 2. The predicted octanol–water partition coefficient (Wildman–Crippen LogP) is 0.894. The lowest BCUT2D eigenvalue weighted by Gasteiger charge is -2.30. The fourth-order valence-corrected chi connectivity index (χ4v) is 2.85. The van der Waals surface area contributed by atoms with E-state index < -0.39 is 0 Å². The number of hydrogen-bond acceptors (Lipinski definition) is 5. The van der Waals surface area contributed by atoms with Crippen LogP contribution in [0.15, 0.2) is 0 Å². The van der Waals surface area contributed by atoms with Crippen molar-refractivity contribution in [2.75, 3.05) is 25.9 Å². The number of nitrogens with one attached hydrogen (secondary N) is 1.